The molecule has 3 amide bonds. The van der Waals surface area contributed by atoms with Crippen molar-refractivity contribution >= 4 is 23.3 Å². The number of benzene rings is 2. The first-order valence-corrected chi connectivity index (χ1v) is 6.26. The third-order valence-corrected chi connectivity index (χ3v) is 2.78. The second-order valence-corrected chi connectivity index (χ2v) is 4.38. The van der Waals surface area contributed by atoms with E-state index in [0.29, 0.717) is 22.5 Å². The molecular formula is C15H15N3O3. The van der Waals surface area contributed by atoms with Crippen LogP contribution in [0, 0.1) is 0 Å². The van der Waals surface area contributed by atoms with E-state index in [-0.39, 0.29) is 12.5 Å². The molecule has 0 saturated carbocycles. The fraction of sp³-hybridized carbons (Fsp3) is 0.0667. The average molecular weight is 285 g/mol. The maximum Gasteiger partial charge on any atom is 0.316 e. The number of urea groups is 1. The summed E-state index contributed by atoms with van der Waals surface area (Å²) < 4.78 is 0. The van der Waals surface area contributed by atoms with Crippen LogP contribution in [0.25, 0.3) is 0 Å². The maximum atomic E-state index is 12.1. The Kier molecular flexibility index (Phi) is 4.53. The van der Waals surface area contributed by atoms with E-state index < -0.39 is 6.03 Å². The van der Waals surface area contributed by atoms with Crippen molar-refractivity contribution in [1.29, 1.82) is 0 Å². The lowest BCUT2D eigenvalue weighted by molar-refractivity contribution is 0.102. The van der Waals surface area contributed by atoms with Gasteiger partial charge in [0.25, 0.3) is 5.91 Å². The summed E-state index contributed by atoms with van der Waals surface area (Å²) in [4.78, 5) is 22.8. The Morgan fingerprint density at radius 3 is 2.33 bits per heavy atom. The maximum absolute atomic E-state index is 12.1. The number of amides is 3. The first kappa shape index (κ1) is 14.5. The molecule has 0 radical (unpaired) electrons. The number of aliphatic hydroxyl groups excluding tert-OH is 1. The van der Waals surface area contributed by atoms with Crippen molar-refractivity contribution in [1.82, 2.24) is 0 Å². The fourth-order valence-corrected chi connectivity index (χ4v) is 1.80. The van der Waals surface area contributed by atoms with Crippen LogP contribution in [-0.2, 0) is 6.61 Å². The molecule has 2 aromatic rings. The van der Waals surface area contributed by atoms with E-state index in [9.17, 15) is 9.59 Å². The molecule has 0 aliphatic carbocycles. The van der Waals surface area contributed by atoms with E-state index in [4.69, 9.17) is 10.8 Å². The van der Waals surface area contributed by atoms with Crippen LogP contribution in [0.3, 0.4) is 0 Å². The van der Waals surface area contributed by atoms with Crippen LogP contribution < -0.4 is 16.4 Å². The topological polar surface area (TPSA) is 104 Å². The van der Waals surface area contributed by atoms with Crippen molar-refractivity contribution in [2.45, 2.75) is 6.61 Å². The molecule has 0 atom stereocenters. The predicted octanol–water partition coefficient (Wildman–Crippen LogP) is 1.92. The number of aliphatic hydroxyl groups is 1. The average Bonchev–Trinajstić information content (AvgIpc) is 2.47. The lowest BCUT2D eigenvalue weighted by atomic mass is 10.1. The summed E-state index contributed by atoms with van der Waals surface area (Å²) in [6, 6.07) is 12.6. The highest BCUT2D eigenvalue weighted by Crippen LogP contribution is 2.14. The molecule has 6 heteroatoms. The lowest BCUT2D eigenvalue weighted by Gasteiger charge is -2.07. The van der Waals surface area contributed by atoms with Gasteiger partial charge in [0.1, 0.15) is 0 Å². The number of nitrogens with two attached hydrogens (primary N) is 1. The van der Waals surface area contributed by atoms with Gasteiger partial charge in [-0.1, -0.05) is 12.1 Å². The Morgan fingerprint density at radius 1 is 1.00 bits per heavy atom. The number of primary amides is 1. The Bertz CT molecular complexity index is 653. The molecule has 6 nitrogen and oxygen atoms in total. The van der Waals surface area contributed by atoms with E-state index in [1.807, 2.05) is 0 Å². The molecule has 0 bridgehead atoms. The van der Waals surface area contributed by atoms with Gasteiger partial charge in [-0.2, -0.15) is 0 Å². The standard InChI is InChI=1S/C15H15N3O3/c16-15(21)18-12-6-4-11(5-7-12)14(20)17-13-3-1-2-10(8-13)9-19/h1-8,19H,9H2,(H,17,20)(H3,16,18,21). The summed E-state index contributed by atoms with van der Waals surface area (Å²) in [7, 11) is 0. The monoisotopic (exact) mass is 285 g/mol. The molecule has 21 heavy (non-hydrogen) atoms. The molecular weight excluding hydrogens is 270 g/mol. The molecule has 0 spiro atoms. The van der Waals surface area contributed by atoms with Crippen LogP contribution in [0.1, 0.15) is 15.9 Å². The molecule has 2 aromatic carbocycles. The van der Waals surface area contributed by atoms with Crippen molar-refractivity contribution < 1.29 is 14.7 Å². The highest BCUT2D eigenvalue weighted by atomic mass is 16.3. The van der Waals surface area contributed by atoms with Crippen LogP contribution in [0.2, 0.25) is 0 Å². The quantitative estimate of drug-likeness (QED) is 0.689. The number of rotatable bonds is 4. The number of carbonyl (C=O) groups excluding carboxylic acids is 2. The highest BCUT2D eigenvalue weighted by molar-refractivity contribution is 6.04. The molecule has 0 unspecified atom stereocenters. The van der Waals surface area contributed by atoms with E-state index >= 15 is 0 Å². The fourth-order valence-electron chi connectivity index (χ4n) is 1.80. The number of anilines is 2. The van der Waals surface area contributed by atoms with Gasteiger partial charge in [-0.3, -0.25) is 4.79 Å². The minimum Gasteiger partial charge on any atom is -0.392 e. The van der Waals surface area contributed by atoms with Crippen LogP contribution in [-0.4, -0.2) is 17.0 Å². The van der Waals surface area contributed by atoms with Gasteiger partial charge in [-0.25, -0.2) is 4.79 Å². The lowest BCUT2D eigenvalue weighted by Crippen LogP contribution is -2.19. The minimum atomic E-state index is -0.659. The minimum absolute atomic E-state index is 0.0861. The van der Waals surface area contributed by atoms with Gasteiger partial charge < -0.3 is 21.5 Å². The summed E-state index contributed by atoms with van der Waals surface area (Å²) in [6.45, 7) is -0.0861. The molecule has 2 rings (SSSR count). The van der Waals surface area contributed by atoms with Gasteiger partial charge in [0.15, 0.2) is 0 Å². The van der Waals surface area contributed by atoms with Crippen molar-refractivity contribution in [3.05, 3.63) is 59.7 Å². The summed E-state index contributed by atoms with van der Waals surface area (Å²) in [5, 5.41) is 14.2. The first-order chi connectivity index (χ1) is 10.1. The van der Waals surface area contributed by atoms with Crippen LogP contribution in [0.15, 0.2) is 48.5 Å². The van der Waals surface area contributed by atoms with Gasteiger partial charge in [0, 0.05) is 16.9 Å². The van der Waals surface area contributed by atoms with Gasteiger partial charge >= 0.3 is 6.03 Å². The third-order valence-electron chi connectivity index (χ3n) is 2.78. The SMILES string of the molecule is NC(=O)Nc1ccc(C(=O)Nc2cccc(CO)c2)cc1. The van der Waals surface area contributed by atoms with Crippen molar-refractivity contribution in [3.8, 4) is 0 Å². The Morgan fingerprint density at radius 2 is 1.71 bits per heavy atom. The van der Waals surface area contributed by atoms with E-state index in [2.05, 4.69) is 10.6 Å². The third kappa shape index (κ3) is 4.05. The van der Waals surface area contributed by atoms with Crippen LogP contribution >= 0.6 is 0 Å². The Balaban J connectivity index is 2.07. The molecule has 0 saturated heterocycles. The number of hydrogen-bond acceptors (Lipinski definition) is 3. The largest absolute Gasteiger partial charge is 0.392 e. The van der Waals surface area contributed by atoms with E-state index in [1.54, 1.807) is 48.5 Å². The van der Waals surface area contributed by atoms with Gasteiger partial charge in [0.2, 0.25) is 0 Å². The second kappa shape index (κ2) is 6.53. The zero-order valence-electron chi connectivity index (χ0n) is 11.2. The van der Waals surface area contributed by atoms with Gasteiger partial charge in [-0.15, -0.1) is 0 Å². The molecule has 0 heterocycles. The van der Waals surface area contributed by atoms with Crippen molar-refractivity contribution in [2.24, 2.45) is 5.73 Å². The zero-order valence-corrected chi connectivity index (χ0v) is 11.2. The molecule has 0 aliphatic heterocycles. The van der Waals surface area contributed by atoms with Crippen LogP contribution in [0.5, 0.6) is 0 Å². The smallest absolute Gasteiger partial charge is 0.316 e. The molecule has 5 N–H and O–H groups in total. The summed E-state index contributed by atoms with van der Waals surface area (Å²) in [5.74, 6) is -0.282. The Hall–Kier alpha value is -2.86. The predicted molar refractivity (Wildman–Crippen MR) is 80.0 cm³/mol. The van der Waals surface area contributed by atoms with E-state index in [0.717, 1.165) is 0 Å². The second-order valence-electron chi connectivity index (χ2n) is 4.38. The number of nitrogens with one attached hydrogen (secondary N) is 2. The van der Waals surface area contributed by atoms with Crippen molar-refractivity contribution in [2.75, 3.05) is 10.6 Å². The zero-order chi connectivity index (χ0) is 15.2. The normalized spacial score (nSPS) is 9.95. The number of hydrogen-bond donors (Lipinski definition) is 4. The highest BCUT2D eigenvalue weighted by Gasteiger charge is 2.06. The van der Waals surface area contributed by atoms with Crippen molar-refractivity contribution in [3.63, 3.8) is 0 Å². The summed E-state index contributed by atoms with van der Waals surface area (Å²) in [5.41, 5.74) is 7.28. The molecule has 108 valence electrons. The molecule has 0 fully saturated rings. The first-order valence-electron chi connectivity index (χ1n) is 6.26. The van der Waals surface area contributed by atoms with Gasteiger partial charge in [-0.05, 0) is 42.0 Å². The van der Waals surface area contributed by atoms with E-state index in [1.165, 1.54) is 0 Å². The van der Waals surface area contributed by atoms with Gasteiger partial charge in [0.05, 0.1) is 6.61 Å². The number of carbonyl (C=O) groups is 2. The van der Waals surface area contributed by atoms with Crippen LogP contribution in [0.4, 0.5) is 16.2 Å². The summed E-state index contributed by atoms with van der Waals surface area (Å²) >= 11 is 0. The Labute approximate surface area is 121 Å². The molecule has 0 aliphatic rings. The molecule has 0 aromatic heterocycles. The summed E-state index contributed by atoms with van der Waals surface area (Å²) in [6.07, 6.45) is 0.